The first-order valence-corrected chi connectivity index (χ1v) is 9.05. The molecule has 2 heterocycles. The molecule has 0 saturated carbocycles. The first-order chi connectivity index (χ1) is 11.8. The molecular weight excluding hydrogens is 425 g/mol. The molecular formula is C19H30IN5. The summed E-state index contributed by atoms with van der Waals surface area (Å²) >= 11 is 0. The van der Waals surface area contributed by atoms with Crippen molar-refractivity contribution >= 4 is 40.8 Å². The number of rotatable bonds is 6. The molecule has 138 valence electrons. The number of fused-ring (bicyclic) bond motifs is 1. The molecule has 0 bridgehead atoms. The predicted molar refractivity (Wildman–Crippen MR) is 117 cm³/mol. The van der Waals surface area contributed by atoms with Crippen molar-refractivity contribution in [1.29, 1.82) is 0 Å². The van der Waals surface area contributed by atoms with Gasteiger partial charge in [0, 0.05) is 43.3 Å². The molecule has 1 aromatic heterocycles. The number of hydrogen-bond donors (Lipinski definition) is 3. The maximum Gasteiger partial charge on any atom is 0.191 e. The van der Waals surface area contributed by atoms with Gasteiger partial charge in [-0.3, -0.25) is 9.89 Å². The van der Waals surface area contributed by atoms with E-state index in [1.165, 1.54) is 35.9 Å². The predicted octanol–water partition coefficient (Wildman–Crippen LogP) is 2.98. The van der Waals surface area contributed by atoms with Crippen LogP contribution in [0.3, 0.4) is 0 Å². The minimum atomic E-state index is 0. The van der Waals surface area contributed by atoms with Crippen LogP contribution in [0.15, 0.2) is 35.5 Å². The van der Waals surface area contributed by atoms with Crippen molar-refractivity contribution in [2.24, 2.45) is 4.99 Å². The lowest BCUT2D eigenvalue weighted by molar-refractivity contribution is 0.267. The van der Waals surface area contributed by atoms with E-state index in [4.69, 9.17) is 0 Å². The second kappa shape index (κ2) is 10.0. The van der Waals surface area contributed by atoms with E-state index in [-0.39, 0.29) is 24.0 Å². The van der Waals surface area contributed by atoms with Crippen LogP contribution in [0.4, 0.5) is 0 Å². The van der Waals surface area contributed by atoms with Crippen LogP contribution in [-0.2, 0) is 6.42 Å². The highest BCUT2D eigenvalue weighted by molar-refractivity contribution is 14.0. The van der Waals surface area contributed by atoms with Crippen LogP contribution in [-0.4, -0.2) is 55.1 Å². The highest BCUT2D eigenvalue weighted by Crippen LogP contribution is 2.17. The molecule has 25 heavy (non-hydrogen) atoms. The van der Waals surface area contributed by atoms with Crippen molar-refractivity contribution in [3.05, 3.63) is 36.0 Å². The van der Waals surface area contributed by atoms with Crippen molar-refractivity contribution in [3.8, 4) is 0 Å². The Kier molecular flexibility index (Phi) is 8.02. The first kappa shape index (κ1) is 20.0. The summed E-state index contributed by atoms with van der Waals surface area (Å²) in [5.74, 6) is 0.901. The molecule has 3 N–H and O–H groups in total. The zero-order chi connectivity index (χ0) is 16.8. The number of likely N-dealkylation sites (N-methyl/N-ethyl adjacent to an activating group) is 1. The van der Waals surface area contributed by atoms with E-state index < -0.39 is 0 Å². The van der Waals surface area contributed by atoms with E-state index in [1.807, 2.05) is 7.05 Å². The van der Waals surface area contributed by atoms with Gasteiger partial charge in [-0.1, -0.05) is 25.1 Å². The molecule has 3 rings (SSSR count). The highest BCUT2D eigenvalue weighted by atomic mass is 127. The highest BCUT2D eigenvalue weighted by Gasteiger charge is 2.22. The van der Waals surface area contributed by atoms with Crippen LogP contribution >= 0.6 is 24.0 Å². The molecule has 0 amide bonds. The third-order valence-electron chi connectivity index (χ3n) is 5.00. The number of likely N-dealkylation sites (tertiary alicyclic amines) is 1. The van der Waals surface area contributed by atoms with Crippen molar-refractivity contribution < 1.29 is 0 Å². The minimum Gasteiger partial charge on any atom is -0.361 e. The second-order valence-electron chi connectivity index (χ2n) is 6.41. The van der Waals surface area contributed by atoms with Gasteiger partial charge in [0.25, 0.3) is 0 Å². The summed E-state index contributed by atoms with van der Waals surface area (Å²) in [5, 5.41) is 8.23. The molecule has 6 heteroatoms. The zero-order valence-electron chi connectivity index (χ0n) is 15.2. The molecule has 1 unspecified atom stereocenters. The number of halogens is 1. The molecule has 1 saturated heterocycles. The standard InChI is InChI=1S/C19H29N5.HI/c1-3-24-12-6-7-16(24)14-23-19(20-2)21-11-10-15-13-22-18-9-5-4-8-17(15)18;/h4-5,8-9,13,16,22H,3,6-7,10-12,14H2,1-2H3,(H2,20,21,23);1H. The lowest BCUT2D eigenvalue weighted by atomic mass is 10.1. The maximum atomic E-state index is 4.35. The van der Waals surface area contributed by atoms with Crippen LogP contribution in [0.25, 0.3) is 10.9 Å². The average Bonchev–Trinajstić information content (AvgIpc) is 3.24. The van der Waals surface area contributed by atoms with Gasteiger partial charge < -0.3 is 15.6 Å². The smallest absolute Gasteiger partial charge is 0.191 e. The summed E-state index contributed by atoms with van der Waals surface area (Å²) in [5.41, 5.74) is 2.55. The molecule has 1 fully saturated rings. The third-order valence-corrected chi connectivity index (χ3v) is 5.00. The number of aliphatic imine (C=N–C) groups is 1. The lowest BCUT2D eigenvalue weighted by Gasteiger charge is -2.23. The number of nitrogens with zero attached hydrogens (tertiary/aromatic N) is 2. The summed E-state index contributed by atoms with van der Waals surface area (Å²) in [4.78, 5) is 10.2. The average molecular weight is 455 g/mol. The van der Waals surface area contributed by atoms with E-state index in [1.54, 1.807) is 0 Å². The Hall–Kier alpha value is -1.28. The number of para-hydroxylation sites is 1. The molecule has 1 aliphatic rings. The Morgan fingerprint density at radius 3 is 2.96 bits per heavy atom. The minimum absolute atomic E-state index is 0. The summed E-state index contributed by atoms with van der Waals surface area (Å²) < 4.78 is 0. The van der Waals surface area contributed by atoms with E-state index in [2.05, 4.69) is 62.9 Å². The zero-order valence-corrected chi connectivity index (χ0v) is 17.5. The number of aromatic amines is 1. The molecule has 0 spiro atoms. The molecule has 1 atom stereocenters. The third kappa shape index (κ3) is 5.10. The Labute approximate surface area is 167 Å². The summed E-state index contributed by atoms with van der Waals surface area (Å²) in [6, 6.07) is 9.09. The fourth-order valence-electron chi connectivity index (χ4n) is 3.63. The van der Waals surface area contributed by atoms with Crippen LogP contribution < -0.4 is 10.6 Å². The van der Waals surface area contributed by atoms with E-state index >= 15 is 0 Å². The topological polar surface area (TPSA) is 55.4 Å². The fourth-order valence-corrected chi connectivity index (χ4v) is 3.63. The molecule has 5 nitrogen and oxygen atoms in total. The van der Waals surface area contributed by atoms with Gasteiger partial charge in [-0.25, -0.2) is 0 Å². The monoisotopic (exact) mass is 455 g/mol. The number of nitrogens with one attached hydrogen (secondary N) is 3. The van der Waals surface area contributed by atoms with Gasteiger partial charge in [0.15, 0.2) is 5.96 Å². The molecule has 1 aromatic carbocycles. The largest absolute Gasteiger partial charge is 0.361 e. The number of hydrogen-bond acceptors (Lipinski definition) is 2. The number of aromatic nitrogens is 1. The van der Waals surface area contributed by atoms with Gasteiger partial charge in [-0.05, 0) is 44.0 Å². The maximum absolute atomic E-state index is 4.35. The van der Waals surface area contributed by atoms with Crippen molar-refractivity contribution in [3.63, 3.8) is 0 Å². The number of H-pyrrole nitrogens is 1. The van der Waals surface area contributed by atoms with E-state index in [0.717, 1.165) is 32.0 Å². The first-order valence-electron chi connectivity index (χ1n) is 9.05. The normalized spacial score (nSPS) is 18.3. The van der Waals surface area contributed by atoms with Gasteiger partial charge in [0.05, 0.1) is 0 Å². The van der Waals surface area contributed by atoms with Gasteiger partial charge in [-0.2, -0.15) is 0 Å². The number of guanidine groups is 1. The van der Waals surface area contributed by atoms with Crippen molar-refractivity contribution in [1.82, 2.24) is 20.5 Å². The molecule has 0 aliphatic carbocycles. The van der Waals surface area contributed by atoms with Gasteiger partial charge >= 0.3 is 0 Å². The van der Waals surface area contributed by atoms with E-state index in [0.29, 0.717) is 6.04 Å². The Morgan fingerprint density at radius 1 is 1.32 bits per heavy atom. The van der Waals surface area contributed by atoms with Gasteiger partial charge in [0.1, 0.15) is 0 Å². The Bertz CT molecular complexity index is 681. The van der Waals surface area contributed by atoms with Gasteiger partial charge in [-0.15, -0.1) is 24.0 Å². The fraction of sp³-hybridized carbons (Fsp3) is 0.526. The quantitative estimate of drug-likeness (QED) is 0.357. The summed E-state index contributed by atoms with van der Waals surface area (Å²) in [6.07, 6.45) is 5.69. The van der Waals surface area contributed by atoms with Gasteiger partial charge in [0.2, 0.25) is 0 Å². The van der Waals surface area contributed by atoms with E-state index in [9.17, 15) is 0 Å². The van der Waals surface area contributed by atoms with Crippen molar-refractivity contribution in [2.75, 3.05) is 33.2 Å². The Balaban J connectivity index is 0.00000225. The molecule has 0 radical (unpaired) electrons. The summed E-state index contributed by atoms with van der Waals surface area (Å²) in [6.45, 7) is 6.46. The lowest BCUT2D eigenvalue weighted by Crippen LogP contribution is -2.45. The second-order valence-corrected chi connectivity index (χ2v) is 6.41. The SMILES string of the molecule is CCN1CCCC1CNC(=NC)NCCc1c[nH]c2ccccc12.I. The van der Waals surface area contributed by atoms with Crippen LogP contribution in [0, 0.1) is 0 Å². The number of benzene rings is 1. The molecule has 2 aromatic rings. The Morgan fingerprint density at radius 2 is 2.16 bits per heavy atom. The van der Waals surface area contributed by atoms with Crippen LogP contribution in [0.2, 0.25) is 0 Å². The van der Waals surface area contributed by atoms with Crippen LogP contribution in [0.1, 0.15) is 25.3 Å². The summed E-state index contributed by atoms with van der Waals surface area (Å²) in [7, 11) is 1.84. The van der Waals surface area contributed by atoms with Crippen LogP contribution in [0.5, 0.6) is 0 Å². The van der Waals surface area contributed by atoms with Crippen molar-refractivity contribution in [2.45, 2.75) is 32.2 Å². The molecule has 1 aliphatic heterocycles.